The van der Waals surface area contributed by atoms with E-state index in [0.717, 1.165) is 4.55 Å². The van der Waals surface area contributed by atoms with Crippen LogP contribution in [0, 0.1) is 0 Å². The van der Waals surface area contributed by atoms with Crippen LogP contribution in [-0.4, -0.2) is 17.6 Å². The van der Waals surface area contributed by atoms with Crippen molar-refractivity contribution in [3.8, 4) is 0 Å². The van der Waals surface area contributed by atoms with Crippen molar-refractivity contribution in [1.29, 1.82) is 0 Å². The third kappa shape index (κ3) is 1.95. The predicted octanol–water partition coefficient (Wildman–Crippen LogP) is 1.67. The van der Waals surface area contributed by atoms with E-state index < -0.39 is 0 Å². The molecule has 0 aliphatic rings. The molecule has 0 aromatic carbocycles. The van der Waals surface area contributed by atoms with Gasteiger partial charge in [-0.15, -0.1) is 0 Å². The van der Waals surface area contributed by atoms with Crippen LogP contribution >= 0.6 is 22.6 Å². The van der Waals surface area contributed by atoms with E-state index in [0.29, 0.717) is 5.56 Å². The van der Waals surface area contributed by atoms with Gasteiger partial charge < -0.3 is 9.30 Å². The Balaban J connectivity index is 2.80. The van der Waals surface area contributed by atoms with Crippen LogP contribution in [0.4, 0.5) is 0 Å². The number of ether oxygens (including phenoxy) is 1. The maximum Gasteiger partial charge on any atom is 0.339 e. The van der Waals surface area contributed by atoms with E-state index in [4.69, 9.17) is 0 Å². The van der Waals surface area contributed by atoms with Gasteiger partial charge in [-0.25, -0.2) is 4.79 Å². The Morgan fingerprint density at radius 1 is 1.82 bits per heavy atom. The lowest BCUT2D eigenvalue weighted by Crippen LogP contribution is -1.99. The SMILES string of the molecule is COC(=O)c1ccn(CI)c1. The highest BCUT2D eigenvalue weighted by molar-refractivity contribution is 14.1. The highest BCUT2D eigenvalue weighted by Gasteiger charge is 2.05. The molecule has 11 heavy (non-hydrogen) atoms. The number of halogens is 1. The zero-order chi connectivity index (χ0) is 8.27. The maximum atomic E-state index is 10.9. The van der Waals surface area contributed by atoms with Crippen LogP contribution < -0.4 is 0 Å². The van der Waals surface area contributed by atoms with Gasteiger partial charge in [0.15, 0.2) is 0 Å². The lowest BCUT2D eigenvalue weighted by molar-refractivity contribution is 0.0601. The van der Waals surface area contributed by atoms with E-state index in [9.17, 15) is 4.79 Å². The van der Waals surface area contributed by atoms with Crippen molar-refractivity contribution >= 4 is 28.6 Å². The van der Waals surface area contributed by atoms with Crippen LogP contribution in [0.25, 0.3) is 0 Å². The molecule has 3 nitrogen and oxygen atoms in total. The van der Waals surface area contributed by atoms with Gasteiger partial charge in [-0.2, -0.15) is 0 Å². The summed E-state index contributed by atoms with van der Waals surface area (Å²) in [5.74, 6) is -0.284. The second-order valence-electron chi connectivity index (χ2n) is 2.03. The number of carbonyl (C=O) groups excluding carboxylic acids is 1. The molecule has 0 saturated carbocycles. The number of hydrogen-bond acceptors (Lipinski definition) is 2. The van der Waals surface area contributed by atoms with Crippen LogP contribution in [0.5, 0.6) is 0 Å². The summed E-state index contributed by atoms with van der Waals surface area (Å²) in [6, 6.07) is 1.74. The summed E-state index contributed by atoms with van der Waals surface area (Å²) in [6.45, 7) is 0. The van der Waals surface area contributed by atoms with Gasteiger partial charge in [0.25, 0.3) is 0 Å². The van der Waals surface area contributed by atoms with Gasteiger partial charge in [0, 0.05) is 12.4 Å². The minimum atomic E-state index is -0.284. The highest BCUT2D eigenvalue weighted by atomic mass is 127. The summed E-state index contributed by atoms with van der Waals surface area (Å²) in [6.07, 6.45) is 3.61. The van der Waals surface area contributed by atoms with E-state index in [1.165, 1.54) is 7.11 Å². The lowest BCUT2D eigenvalue weighted by atomic mass is 10.3. The first-order valence-corrected chi connectivity index (χ1v) is 4.60. The van der Waals surface area contributed by atoms with Gasteiger partial charge in [0.2, 0.25) is 0 Å². The largest absolute Gasteiger partial charge is 0.465 e. The molecule has 0 unspecified atom stereocenters. The molecule has 0 radical (unpaired) electrons. The standard InChI is InChI=1S/C7H8INO2/c1-11-7(10)6-2-3-9(4-6)5-8/h2-4H,5H2,1H3. The fraction of sp³-hybridized carbons (Fsp3) is 0.286. The van der Waals surface area contributed by atoms with E-state index in [1.807, 2.05) is 10.8 Å². The second-order valence-corrected chi connectivity index (χ2v) is 2.71. The number of hydrogen-bond donors (Lipinski definition) is 0. The molecular weight excluding hydrogens is 257 g/mol. The summed E-state index contributed by atoms with van der Waals surface area (Å²) < 4.78 is 7.29. The molecule has 0 bridgehead atoms. The Morgan fingerprint density at radius 3 is 3.00 bits per heavy atom. The third-order valence-electron chi connectivity index (χ3n) is 1.31. The van der Waals surface area contributed by atoms with Gasteiger partial charge >= 0.3 is 5.97 Å². The average molecular weight is 265 g/mol. The molecular formula is C7H8INO2. The number of esters is 1. The molecule has 1 aromatic rings. The molecule has 4 heteroatoms. The van der Waals surface area contributed by atoms with Crippen molar-refractivity contribution in [3.05, 3.63) is 24.0 Å². The van der Waals surface area contributed by atoms with Crippen LogP contribution in [0.15, 0.2) is 18.5 Å². The second kappa shape index (κ2) is 3.75. The topological polar surface area (TPSA) is 31.2 Å². The van der Waals surface area contributed by atoms with Crippen LogP contribution in [0.2, 0.25) is 0 Å². The molecule has 0 spiro atoms. The molecule has 0 saturated heterocycles. The molecule has 0 N–H and O–H groups in total. The third-order valence-corrected chi connectivity index (χ3v) is 2.10. The normalized spacial score (nSPS) is 9.64. The maximum absolute atomic E-state index is 10.9. The number of nitrogens with zero attached hydrogens (tertiary/aromatic N) is 1. The molecule has 0 aliphatic carbocycles. The predicted molar refractivity (Wildman–Crippen MR) is 49.8 cm³/mol. The lowest BCUT2D eigenvalue weighted by Gasteiger charge is -1.93. The van der Waals surface area contributed by atoms with E-state index in [2.05, 4.69) is 27.3 Å². The monoisotopic (exact) mass is 265 g/mol. The average Bonchev–Trinajstić information content (AvgIpc) is 2.50. The van der Waals surface area contributed by atoms with Gasteiger partial charge in [0.1, 0.15) is 0 Å². The molecule has 60 valence electrons. The zero-order valence-corrected chi connectivity index (χ0v) is 8.24. The molecule has 0 atom stereocenters. The first kappa shape index (κ1) is 8.58. The van der Waals surface area contributed by atoms with E-state index in [-0.39, 0.29) is 5.97 Å². The minimum absolute atomic E-state index is 0.284. The van der Waals surface area contributed by atoms with E-state index >= 15 is 0 Å². The van der Waals surface area contributed by atoms with E-state index in [1.54, 1.807) is 12.3 Å². The van der Waals surface area contributed by atoms with Gasteiger partial charge in [-0.3, -0.25) is 0 Å². The number of carbonyl (C=O) groups is 1. The Morgan fingerprint density at radius 2 is 2.55 bits per heavy atom. The summed E-state index contributed by atoms with van der Waals surface area (Å²) in [7, 11) is 1.38. The van der Waals surface area contributed by atoms with Crippen molar-refractivity contribution in [2.75, 3.05) is 7.11 Å². The number of methoxy groups -OCH3 is 1. The number of aromatic nitrogens is 1. The molecule has 0 fully saturated rings. The fourth-order valence-corrected chi connectivity index (χ4v) is 1.18. The summed E-state index contributed by atoms with van der Waals surface area (Å²) in [4.78, 5) is 10.9. The first-order chi connectivity index (χ1) is 5.27. The van der Waals surface area contributed by atoms with Crippen LogP contribution in [0.3, 0.4) is 0 Å². The van der Waals surface area contributed by atoms with Crippen molar-refractivity contribution in [3.63, 3.8) is 0 Å². The number of alkyl halides is 1. The van der Waals surface area contributed by atoms with Gasteiger partial charge in [0.05, 0.1) is 17.2 Å². The fourth-order valence-electron chi connectivity index (χ4n) is 0.754. The van der Waals surface area contributed by atoms with Crippen molar-refractivity contribution in [1.82, 2.24) is 4.57 Å². The first-order valence-electron chi connectivity index (χ1n) is 3.08. The molecule has 1 aromatic heterocycles. The summed E-state index contributed by atoms with van der Waals surface area (Å²) >= 11 is 2.21. The Kier molecular flexibility index (Phi) is 2.92. The van der Waals surface area contributed by atoms with Crippen molar-refractivity contribution in [2.24, 2.45) is 0 Å². The molecule has 0 amide bonds. The van der Waals surface area contributed by atoms with Crippen LogP contribution in [-0.2, 0) is 9.29 Å². The quantitative estimate of drug-likeness (QED) is 0.462. The smallest absolute Gasteiger partial charge is 0.339 e. The highest BCUT2D eigenvalue weighted by Crippen LogP contribution is 2.04. The zero-order valence-electron chi connectivity index (χ0n) is 6.08. The van der Waals surface area contributed by atoms with Gasteiger partial charge in [-0.05, 0) is 6.07 Å². The molecule has 1 heterocycles. The minimum Gasteiger partial charge on any atom is -0.465 e. The Bertz CT molecular complexity index is 257. The Hall–Kier alpha value is -0.520. The summed E-state index contributed by atoms with van der Waals surface area (Å²) in [5, 5.41) is 0. The van der Waals surface area contributed by atoms with Crippen molar-refractivity contribution in [2.45, 2.75) is 4.55 Å². The van der Waals surface area contributed by atoms with Crippen LogP contribution in [0.1, 0.15) is 10.4 Å². The Labute approximate surface area is 78.5 Å². The van der Waals surface area contributed by atoms with Gasteiger partial charge in [-0.1, -0.05) is 22.6 Å². The molecule has 1 rings (SSSR count). The number of rotatable bonds is 2. The molecule has 0 aliphatic heterocycles. The van der Waals surface area contributed by atoms with Crippen molar-refractivity contribution < 1.29 is 9.53 Å². The summed E-state index contributed by atoms with van der Waals surface area (Å²) in [5.41, 5.74) is 0.601.